The summed E-state index contributed by atoms with van der Waals surface area (Å²) in [5.41, 5.74) is 0. The largest absolute Gasteiger partial charge is 0.291 e. The number of rotatable bonds is 3. The molecule has 1 N–H and O–H groups in total. The molecule has 15 heavy (non-hydrogen) atoms. The van der Waals surface area contributed by atoms with Crippen LogP contribution in [0.2, 0.25) is 0 Å². The molecule has 1 aromatic heterocycles. The van der Waals surface area contributed by atoms with Crippen LogP contribution in [0.15, 0.2) is 12.7 Å². The fourth-order valence-electron chi connectivity index (χ4n) is 1.51. The summed E-state index contributed by atoms with van der Waals surface area (Å²) in [5.74, 6) is 1.54. The van der Waals surface area contributed by atoms with Gasteiger partial charge in [0.05, 0.1) is 0 Å². The van der Waals surface area contributed by atoms with E-state index in [9.17, 15) is 4.79 Å². The molecule has 1 aromatic rings. The second-order valence-electron chi connectivity index (χ2n) is 3.74. The van der Waals surface area contributed by atoms with Crippen molar-refractivity contribution in [1.29, 1.82) is 0 Å². The zero-order chi connectivity index (χ0) is 10.8. The molecular formula is C10H14N4O. The van der Waals surface area contributed by atoms with E-state index in [0.717, 1.165) is 18.7 Å². The first-order chi connectivity index (χ1) is 7.20. The van der Waals surface area contributed by atoms with Gasteiger partial charge in [-0.1, -0.05) is 13.0 Å². The molecular weight excluding hydrogens is 192 g/mol. The predicted octanol–water partition coefficient (Wildman–Crippen LogP) is 1.21. The van der Waals surface area contributed by atoms with Crippen LogP contribution in [-0.4, -0.2) is 20.7 Å². The lowest BCUT2D eigenvalue weighted by molar-refractivity contribution is -0.111. The van der Waals surface area contributed by atoms with Crippen molar-refractivity contribution in [1.82, 2.24) is 14.8 Å². The van der Waals surface area contributed by atoms with Crippen molar-refractivity contribution >= 4 is 11.9 Å². The van der Waals surface area contributed by atoms with Crippen LogP contribution in [0, 0.1) is 0 Å². The van der Waals surface area contributed by atoms with Gasteiger partial charge < -0.3 is 0 Å². The molecule has 0 saturated heterocycles. The number of hydrogen-bond acceptors (Lipinski definition) is 3. The first kappa shape index (κ1) is 9.89. The number of aryl methyl sites for hydroxylation is 1. The van der Waals surface area contributed by atoms with E-state index in [-0.39, 0.29) is 5.91 Å². The summed E-state index contributed by atoms with van der Waals surface area (Å²) >= 11 is 0. The zero-order valence-corrected chi connectivity index (χ0v) is 8.73. The van der Waals surface area contributed by atoms with E-state index < -0.39 is 0 Å². The van der Waals surface area contributed by atoms with Gasteiger partial charge in [0.15, 0.2) is 5.82 Å². The fourth-order valence-corrected chi connectivity index (χ4v) is 1.51. The Morgan fingerprint density at radius 1 is 1.67 bits per heavy atom. The molecule has 1 fully saturated rings. The minimum atomic E-state index is -0.259. The molecule has 0 atom stereocenters. The van der Waals surface area contributed by atoms with Gasteiger partial charge in [0.1, 0.15) is 0 Å². The molecule has 80 valence electrons. The van der Waals surface area contributed by atoms with Gasteiger partial charge in [0.25, 0.3) is 0 Å². The quantitative estimate of drug-likeness (QED) is 0.756. The van der Waals surface area contributed by atoms with E-state index in [1.807, 2.05) is 0 Å². The molecule has 0 radical (unpaired) electrons. The van der Waals surface area contributed by atoms with E-state index in [0.29, 0.717) is 11.9 Å². The average molecular weight is 206 g/mol. The molecule has 0 aromatic carbocycles. The summed E-state index contributed by atoms with van der Waals surface area (Å²) in [4.78, 5) is 15.4. The highest BCUT2D eigenvalue weighted by atomic mass is 16.1. The van der Waals surface area contributed by atoms with Gasteiger partial charge in [-0.3, -0.25) is 10.1 Å². The van der Waals surface area contributed by atoms with Crippen LogP contribution in [0.3, 0.4) is 0 Å². The standard InChI is InChI=1S/C10H14N4O/c1-3-8(15)11-10-12-9(13-14(10)2)7-5-4-6-7/h3,7H,1,4-6H2,2H3,(H,11,12,13,15). The third-order valence-corrected chi connectivity index (χ3v) is 2.67. The molecule has 1 amide bonds. The molecule has 2 rings (SSSR count). The van der Waals surface area contributed by atoms with Crippen molar-refractivity contribution in [3.8, 4) is 0 Å². The summed E-state index contributed by atoms with van der Waals surface area (Å²) in [6.07, 6.45) is 4.77. The Kier molecular flexibility index (Phi) is 2.53. The molecule has 0 aliphatic heterocycles. The van der Waals surface area contributed by atoms with Crippen LogP contribution < -0.4 is 5.32 Å². The fraction of sp³-hybridized carbons (Fsp3) is 0.500. The van der Waals surface area contributed by atoms with E-state index in [2.05, 4.69) is 22.0 Å². The Labute approximate surface area is 88.2 Å². The molecule has 5 nitrogen and oxygen atoms in total. The number of aromatic nitrogens is 3. The number of anilines is 1. The van der Waals surface area contributed by atoms with Crippen LogP contribution in [-0.2, 0) is 11.8 Å². The summed E-state index contributed by atoms with van der Waals surface area (Å²) in [6, 6.07) is 0. The molecule has 1 aliphatic rings. The predicted molar refractivity (Wildman–Crippen MR) is 56.4 cm³/mol. The average Bonchev–Trinajstić information content (AvgIpc) is 2.44. The Bertz CT molecular complexity index is 392. The molecule has 5 heteroatoms. The van der Waals surface area contributed by atoms with E-state index >= 15 is 0 Å². The Balaban J connectivity index is 2.13. The second kappa shape index (κ2) is 3.84. The topological polar surface area (TPSA) is 59.8 Å². The Morgan fingerprint density at radius 3 is 2.93 bits per heavy atom. The minimum Gasteiger partial charge on any atom is -0.291 e. The second-order valence-corrected chi connectivity index (χ2v) is 3.74. The lowest BCUT2D eigenvalue weighted by Crippen LogP contribution is -2.12. The van der Waals surface area contributed by atoms with Crippen molar-refractivity contribution in [3.63, 3.8) is 0 Å². The molecule has 1 heterocycles. The molecule has 1 saturated carbocycles. The van der Waals surface area contributed by atoms with Gasteiger partial charge in [-0.15, -0.1) is 0 Å². The maximum absolute atomic E-state index is 11.1. The van der Waals surface area contributed by atoms with Gasteiger partial charge in [-0.25, -0.2) is 4.68 Å². The van der Waals surface area contributed by atoms with Crippen LogP contribution >= 0.6 is 0 Å². The smallest absolute Gasteiger partial charge is 0.250 e. The van der Waals surface area contributed by atoms with Crippen molar-refractivity contribution in [2.75, 3.05) is 5.32 Å². The van der Waals surface area contributed by atoms with Crippen LogP contribution in [0.4, 0.5) is 5.95 Å². The Morgan fingerprint density at radius 2 is 2.40 bits per heavy atom. The van der Waals surface area contributed by atoms with Gasteiger partial charge in [0, 0.05) is 13.0 Å². The highest BCUT2D eigenvalue weighted by Gasteiger charge is 2.24. The minimum absolute atomic E-state index is 0.259. The number of carbonyl (C=O) groups excluding carboxylic acids is 1. The Hall–Kier alpha value is -1.65. The summed E-state index contributed by atoms with van der Waals surface area (Å²) in [5, 5.41) is 6.89. The third-order valence-electron chi connectivity index (χ3n) is 2.67. The van der Waals surface area contributed by atoms with Crippen molar-refractivity contribution in [3.05, 3.63) is 18.5 Å². The number of hydrogen-bond donors (Lipinski definition) is 1. The third kappa shape index (κ3) is 1.91. The number of carbonyl (C=O) groups is 1. The molecule has 0 unspecified atom stereocenters. The van der Waals surface area contributed by atoms with Crippen molar-refractivity contribution in [2.45, 2.75) is 25.2 Å². The zero-order valence-electron chi connectivity index (χ0n) is 8.73. The highest BCUT2D eigenvalue weighted by Crippen LogP contribution is 2.34. The van der Waals surface area contributed by atoms with E-state index in [4.69, 9.17) is 0 Å². The van der Waals surface area contributed by atoms with Crippen LogP contribution in [0.25, 0.3) is 0 Å². The van der Waals surface area contributed by atoms with Crippen molar-refractivity contribution in [2.24, 2.45) is 7.05 Å². The van der Waals surface area contributed by atoms with Gasteiger partial charge >= 0.3 is 0 Å². The van der Waals surface area contributed by atoms with Crippen LogP contribution in [0.1, 0.15) is 31.0 Å². The number of amides is 1. The summed E-state index contributed by atoms with van der Waals surface area (Å²) in [6.45, 7) is 3.39. The maximum Gasteiger partial charge on any atom is 0.250 e. The van der Waals surface area contributed by atoms with E-state index in [1.54, 1.807) is 11.7 Å². The summed E-state index contributed by atoms with van der Waals surface area (Å²) in [7, 11) is 1.77. The monoisotopic (exact) mass is 206 g/mol. The lowest BCUT2D eigenvalue weighted by Gasteiger charge is -2.21. The van der Waals surface area contributed by atoms with Gasteiger partial charge in [-0.2, -0.15) is 10.1 Å². The first-order valence-electron chi connectivity index (χ1n) is 5.05. The molecule has 1 aliphatic carbocycles. The van der Waals surface area contributed by atoms with E-state index in [1.165, 1.54) is 12.5 Å². The highest BCUT2D eigenvalue weighted by molar-refractivity contribution is 5.97. The maximum atomic E-state index is 11.1. The summed E-state index contributed by atoms with van der Waals surface area (Å²) < 4.78 is 1.59. The van der Waals surface area contributed by atoms with Crippen molar-refractivity contribution < 1.29 is 4.79 Å². The first-order valence-corrected chi connectivity index (χ1v) is 5.05. The SMILES string of the molecule is C=CC(=O)Nc1nc(C2CCC2)nn1C. The normalized spacial score (nSPS) is 15.8. The lowest BCUT2D eigenvalue weighted by atomic mass is 9.85. The molecule has 0 spiro atoms. The molecule has 0 bridgehead atoms. The van der Waals surface area contributed by atoms with Gasteiger partial charge in [-0.05, 0) is 18.9 Å². The van der Waals surface area contributed by atoms with Gasteiger partial charge in [0.2, 0.25) is 11.9 Å². The number of nitrogens with one attached hydrogen (secondary N) is 1. The number of nitrogens with zero attached hydrogens (tertiary/aromatic N) is 3. The van der Waals surface area contributed by atoms with Crippen LogP contribution in [0.5, 0.6) is 0 Å².